The Morgan fingerprint density at radius 1 is 1.44 bits per heavy atom. The van der Waals surface area contributed by atoms with Crippen LogP contribution in [0.3, 0.4) is 0 Å². The second-order valence-corrected chi connectivity index (χ2v) is 4.28. The number of rotatable bonds is 6. The molecule has 2 N–H and O–H groups in total. The van der Waals surface area contributed by atoms with Crippen LogP contribution in [0.4, 0.5) is 5.95 Å². The van der Waals surface area contributed by atoms with Gasteiger partial charge in [0, 0.05) is 30.8 Å². The van der Waals surface area contributed by atoms with E-state index >= 15 is 0 Å². The molecule has 0 aliphatic rings. The number of carbonyl (C=O) groups excluding carboxylic acids is 1. The van der Waals surface area contributed by atoms with Crippen molar-refractivity contribution in [3.8, 4) is 5.88 Å². The van der Waals surface area contributed by atoms with E-state index in [0.717, 1.165) is 5.69 Å². The highest BCUT2D eigenvalue weighted by Gasteiger charge is 2.07. The topological polar surface area (TPSA) is 76.1 Å². The molecule has 0 saturated carbocycles. The first-order chi connectivity index (χ1) is 8.51. The van der Waals surface area contributed by atoms with Gasteiger partial charge in [-0.1, -0.05) is 13.8 Å². The number of anilines is 1. The molecule has 0 saturated heterocycles. The van der Waals surface area contributed by atoms with E-state index in [1.54, 1.807) is 6.07 Å². The standard InChI is InChI=1S/C12H20N4O2/c1-8(2)13-6-5-10(17)15-12-14-9(3)7-11(16-12)18-4/h7-8,13H,5-6H2,1-4H3,(H,14,15,16,17). The highest BCUT2D eigenvalue weighted by Crippen LogP contribution is 2.11. The van der Waals surface area contributed by atoms with Gasteiger partial charge in [0.05, 0.1) is 7.11 Å². The summed E-state index contributed by atoms with van der Waals surface area (Å²) in [5, 5.41) is 5.82. The van der Waals surface area contributed by atoms with Gasteiger partial charge in [0.15, 0.2) is 0 Å². The van der Waals surface area contributed by atoms with Crippen molar-refractivity contribution in [2.24, 2.45) is 0 Å². The Hall–Kier alpha value is -1.69. The van der Waals surface area contributed by atoms with Crippen LogP contribution in [-0.4, -0.2) is 35.6 Å². The summed E-state index contributed by atoms with van der Waals surface area (Å²) in [5.74, 6) is 0.607. The molecular formula is C12H20N4O2. The fourth-order valence-corrected chi connectivity index (χ4v) is 1.36. The van der Waals surface area contributed by atoms with Crippen LogP contribution in [0.2, 0.25) is 0 Å². The third-order valence-corrected chi connectivity index (χ3v) is 2.20. The normalized spacial score (nSPS) is 10.5. The van der Waals surface area contributed by atoms with Crippen molar-refractivity contribution in [2.75, 3.05) is 19.0 Å². The van der Waals surface area contributed by atoms with E-state index in [4.69, 9.17) is 4.74 Å². The zero-order chi connectivity index (χ0) is 13.5. The van der Waals surface area contributed by atoms with E-state index in [2.05, 4.69) is 20.6 Å². The number of carbonyl (C=O) groups is 1. The summed E-state index contributed by atoms with van der Waals surface area (Å²) in [6.45, 7) is 6.52. The first kappa shape index (κ1) is 14.4. The zero-order valence-electron chi connectivity index (χ0n) is 11.3. The lowest BCUT2D eigenvalue weighted by Crippen LogP contribution is -2.27. The minimum Gasteiger partial charge on any atom is -0.481 e. The Bertz CT molecular complexity index is 407. The lowest BCUT2D eigenvalue weighted by atomic mass is 10.3. The number of methoxy groups -OCH3 is 1. The maximum absolute atomic E-state index is 11.6. The summed E-state index contributed by atoms with van der Waals surface area (Å²) in [7, 11) is 1.53. The number of ether oxygens (including phenoxy) is 1. The average Bonchev–Trinajstić information content (AvgIpc) is 2.27. The Morgan fingerprint density at radius 2 is 2.17 bits per heavy atom. The van der Waals surface area contributed by atoms with Gasteiger partial charge in [-0.2, -0.15) is 4.98 Å². The maximum Gasteiger partial charge on any atom is 0.232 e. The molecule has 0 aromatic carbocycles. The van der Waals surface area contributed by atoms with Crippen LogP contribution in [0.5, 0.6) is 5.88 Å². The largest absolute Gasteiger partial charge is 0.481 e. The molecule has 1 aromatic heterocycles. The molecule has 0 aliphatic carbocycles. The Labute approximate surface area is 107 Å². The van der Waals surface area contributed by atoms with E-state index in [0.29, 0.717) is 24.9 Å². The number of nitrogens with zero attached hydrogens (tertiary/aromatic N) is 2. The highest BCUT2D eigenvalue weighted by molar-refractivity contribution is 5.89. The molecule has 18 heavy (non-hydrogen) atoms. The second kappa shape index (κ2) is 6.90. The number of nitrogens with one attached hydrogen (secondary N) is 2. The average molecular weight is 252 g/mol. The Balaban J connectivity index is 2.51. The van der Waals surface area contributed by atoms with Crippen molar-refractivity contribution >= 4 is 11.9 Å². The molecular weight excluding hydrogens is 232 g/mol. The van der Waals surface area contributed by atoms with Crippen molar-refractivity contribution in [1.82, 2.24) is 15.3 Å². The van der Waals surface area contributed by atoms with Crippen LogP contribution in [0.25, 0.3) is 0 Å². The van der Waals surface area contributed by atoms with Crippen molar-refractivity contribution < 1.29 is 9.53 Å². The monoisotopic (exact) mass is 252 g/mol. The van der Waals surface area contributed by atoms with Gasteiger partial charge < -0.3 is 10.1 Å². The van der Waals surface area contributed by atoms with Crippen LogP contribution in [0.1, 0.15) is 26.0 Å². The summed E-state index contributed by atoms with van der Waals surface area (Å²) in [4.78, 5) is 19.8. The number of aromatic nitrogens is 2. The minimum absolute atomic E-state index is 0.115. The summed E-state index contributed by atoms with van der Waals surface area (Å²) in [6, 6.07) is 2.07. The number of hydrogen-bond donors (Lipinski definition) is 2. The molecule has 0 unspecified atom stereocenters. The molecule has 0 atom stereocenters. The molecule has 6 nitrogen and oxygen atoms in total. The minimum atomic E-state index is -0.115. The summed E-state index contributed by atoms with van der Waals surface area (Å²) in [5.41, 5.74) is 0.748. The predicted octanol–water partition coefficient (Wildman–Crippen LogP) is 1.12. The molecule has 0 radical (unpaired) electrons. The van der Waals surface area contributed by atoms with Gasteiger partial charge in [-0.25, -0.2) is 4.98 Å². The fraction of sp³-hybridized carbons (Fsp3) is 0.583. The number of amides is 1. The number of aryl methyl sites for hydroxylation is 1. The van der Waals surface area contributed by atoms with E-state index < -0.39 is 0 Å². The van der Waals surface area contributed by atoms with Gasteiger partial charge >= 0.3 is 0 Å². The van der Waals surface area contributed by atoms with Gasteiger partial charge in [-0.05, 0) is 6.92 Å². The predicted molar refractivity (Wildman–Crippen MR) is 69.7 cm³/mol. The molecule has 0 spiro atoms. The summed E-state index contributed by atoms with van der Waals surface area (Å²) >= 11 is 0. The molecule has 0 fully saturated rings. The van der Waals surface area contributed by atoms with Gasteiger partial charge in [0.25, 0.3) is 0 Å². The quantitative estimate of drug-likeness (QED) is 0.793. The molecule has 1 amide bonds. The van der Waals surface area contributed by atoms with Gasteiger partial charge in [-0.15, -0.1) is 0 Å². The second-order valence-electron chi connectivity index (χ2n) is 4.28. The van der Waals surface area contributed by atoms with Crippen LogP contribution in [-0.2, 0) is 4.79 Å². The molecule has 6 heteroatoms. The van der Waals surface area contributed by atoms with Crippen LogP contribution < -0.4 is 15.4 Å². The van der Waals surface area contributed by atoms with Crippen molar-refractivity contribution in [3.05, 3.63) is 11.8 Å². The lowest BCUT2D eigenvalue weighted by Gasteiger charge is -2.08. The smallest absolute Gasteiger partial charge is 0.232 e. The molecule has 100 valence electrons. The van der Waals surface area contributed by atoms with Gasteiger partial charge in [0.2, 0.25) is 17.7 Å². The van der Waals surface area contributed by atoms with Crippen molar-refractivity contribution in [2.45, 2.75) is 33.2 Å². The molecule has 0 bridgehead atoms. The van der Waals surface area contributed by atoms with E-state index in [1.807, 2.05) is 20.8 Å². The highest BCUT2D eigenvalue weighted by atomic mass is 16.5. The molecule has 1 rings (SSSR count). The van der Waals surface area contributed by atoms with Gasteiger partial charge in [-0.3, -0.25) is 10.1 Å². The van der Waals surface area contributed by atoms with E-state index in [-0.39, 0.29) is 11.9 Å². The maximum atomic E-state index is 11.6. The Kier molecular flexibility index (Phi) is 5.51. The third-order valence-electron chi connectivity index (χ3n) is 2.20. The van der Waals surface area contributed by atoms with E-state index in [9.17, 15) is 4.79 Å². The first-order valence-corrected chi connectivity index (χ1v) is 5.94. The fourth-order valence-electron chi connectivity index (χ4n) is 1.36. The third kappa shape index (κ3) is 5.09. The molecule has 1 aromatic rings. The summed E-state index contributed by atoms with van der Waals surface area (Å²) < 4.78 is 5.02. The molecule has 0 aliphatic heterocycles. The van der Waals surface area contributed by atoms with Gasteiger partial charge in [0.1, 0.15) is 0 Å². The SMILES string of the molecule is COc1cc(C)nc(NC(=O)CCNC(C)C)n1. The Morgan fingerprint density at radius 3 is 2.78 bits per heavy atom. The van der Waals surface area contributed by atoms with Crippen molar-refractivity contribution in [3.63, 3.8) is 0 Å². The van der Waals surface area contributed by atoms with Crippen molar-refractivity contribution in [1.29, 1.82) is 0 Å². The van der Waals surface area contributed by atoms with Crippen LogP contribution in [0, 0.1) is 6.92 Å². The number of hydrogen-bond acceptors (Lipinski definition) is 5. The van der Waals surface area contributed by atoms with E-state index in [1.165, 1.54) is 7.11 Å². The summed E-state index contributed by atoms with van der Waals surface area (Å²) in [6.07, 6.45) is 0.387. The first-order valence-electron chi connectivity index (χ1n) is 5.94. The van der Waals surface area contributed by atoms with Crippen LogP contribution >= 0.6 is 0 Å². The zero-order valence-corrected chi connectivity index (χ0v) is 11.3. The lowest BCUT2D eigenvalue weighted by molar-refractivity contribution is -0.116. The van der Waals surface area contributed by atoms with Crippen LogP contribution in [0.15, 0.2) is 6.07 Å². The molecule has 1 heterocycles.